The van der Waals surface area contributed by atoms with Crippen LogP contribution in [0.25, 0.3) is 0 Å². The van der Waals surface area contributed by atoms with Crippen LogP contribution in [0.5, 0.6) is 0 Å². The lowest BCUT2D eigenvalue weighted by molar-refractivity contribution is 0.839. The monoisotopic (exact) mass is 175 g/mol. The van der Waals surface area contributed by atoms with Gasteiger partial charge in [-0.05, 0) is 24.6 Å². The summed E-state index contributed by atoms with van der Waals surface area (Å²) in [6, 6.07) is 10.4. The maximum absolute atomic E-state index is 4.35. The van der Waals surface area contributed by atoms with Crippen LogP contribution in [0.2, 0.25) is 0 Å². The van der Waals surface area contributed by atoms with Crippen molar-refractivity contribution in [2.24, 2.45) is 4.99 Å². The van der Waals surface area contributed by atoms with Crippen LogP contribution >= 0.6 is 0 Å². The van der Waals surface area contributed by atoms with Gasteiger partial charge in [-0.2, -0.15) is 0 Å². The van der Waals surface area contributed by atoms with Crippen molar-refractivity contribution < 1.29 is 0 Å². The van der Waals surface area contributed by atoms with Crippen molar-refractivity contribution in [3.8, 4) is 0 Å². The molecule has 0 bridgehead atoms. The van der Waals surface area contributed by atoms with Crippen LogP contribution in [0.4, 0.5) is 0 Å². The van der Waals surface area contributed by atoms with Gasteiger partial charge in [0.15, 0.2) is 0 Å². The van der Waals surface area contributed by atoms with Crippen molar-refractivity contribution in [2.45, 2.75) is 32.7 Å². The molecule has 0 unspecified atom stereocenters. The van der Waals surface area contributed by atoms with Crippen molar-refractivity contribution >= 4 is 6.21 Å². The molecule has 0 heterocycles. The zero-order chi connectivity index (χ0) is 9.36. The summed E-state index contributed by atoms with van der Waals surface area (Å²) in [6.07, 6.45) is 5.65. The molecule has 0 amide bonds. The molecule has 0 aliphatic rings. The van der Waals surface area contributed by atoms with Gasteiger partial charge in [0, 0.05) is 0 Å². The first-order chi connectivity index (χ1) is 6.43. The molecule has 0 aliphatic heterocycles. The minimum Gasteiger partial charge on any atom is -0.293 e. The molecule has 1 heteroatoms. The van der Waals surface area contributed by atoms with Crippen molar-refractivity contribution in [2.75, 3.05) is 0 Å². The third kappa shape index (κ3) is 4.46. The smallest absolute Gasteiger partial charge is 0.0635 e. The molecule has 0 radical (unpaired) electrons. The van der Waals surface area contributed by atoms with Gasteiger partial charge in [0.2, 0.25) is 0 Å². The lowest BCUT2D eigenvalue weighted by atomic mass is 10.2. The molecule has 70 valence electrons. The van der Waals surface area contributed by atoms with Crippen molar-refractivity contribution in [1.82, 2.24) is 0 Å². The Kier molecular flexibility index (Phi) is 4.92. The summed E-state index contributed by atoms with van der Waals surface area (Å²) >= 11 is 0. The summed E-state index contributed by atoms with van der Waals surface area (Å²) in [6.45, 7) is 3.02. The Morgan fingerprint density at radius 3 is 2.69 bits per heavy atom. The van der Waals surface area contributed by atoms with Gasteiger partial charge >= 0.3 is 0 Å². The minimum absolute atomic E-state index is 0.824. The predicted molar refractivity (Wildman–Crippen MR) is 58.2 cm³/mol. The number of hydrogen-bond donors (Lipinski definition) is 0. The molecule has 0 saturated heterocycles. The predicted octanol–water partition coefficient (Wildman–Crippen LogP) is 3.45. The highest BCUT2D eigenvalue weighted by molar-refractivity contribution is 5.57. The summed E-state index contributed by atoms with van der Waals surface area (Å²) < 4.78 is 0. The van der Waals surface area contributed by atoms with Gasteiger partial charge in [-0.15, -0.1) is 0 Å². The molecule has 0 spiro atoms. The zero-order valence-electron chi connectivity index (χ0n) is 8.24. The van der Waals surface area contributed by atoms with Gasteiger partial charge in [-0.3, -0.25) is 4.99 Å². The second kappa shape index (κ2) is 6.41. The van der Waals surface area contributed by atoms with E-state index >= 15 is 0 Å². The lowest BCUT2D eigenvalue weighted by Crippen LogP contribution is -1.81. The highest BCUT2D eigenvalue weighted by Crippen LogP contribution is 2.00. The Morgan fingerprint density at radius 1 is 1.23 bits per heavy atom. The topological polar surface area (TPSA) is 12.4 Å². The van der Waals surface area contributed by atoms with E-state index in [9.17, 15) is 0 Å². The van der Waals surface area contributed by atoms with Gasteiger partial charge < -0.3 is 0 Å². The largest absolute Gasteiger partial charge is 0.293 e. The highest BCUT2D eigenvalue weighted by atomic mass is 14.7. The van der Waals surface area contributed by atoms with E-state index < -0.39 is 0 Å². The Labute approximate surface area is 80.5 Å². The van der Waals surface area contributed by atoms with Gasteiger partial charge in [-0.1, -0.05) is 43.7 Å². The first kappa shape index (κ1) is 9.97. The highest BCUT2D eigenvalue weighted by Gasteiger charge is 1.85. The molecule has 0 aromatic heterocycles. The molecule has 1 nitrogen and oxygen atoms in total. The summed E-state index contributed by atoms with van der Waals surface area (Å²) in [4.78, 5) is 4.35. The number of rotatable bonds is 5. The summed E-state index contributed by atoms with van der Waals surface area (Å²) in [5.74, 6) is 0. The average molecular weight is 175 g/mol. The van der Waals surface area contributed by atoms with E-state index in [4.69, 9.17) is 0 Å². The molecule has 0 N–H and O–H groups in total. The molecule has 0 fully saturated rings. The number of aliphatic imine (C=N–C) groups is 1. The van der Waals surface area contributed by atoms with Crippen molar-refractivity contribution in [3.63, 3.8) is 0 Å². The summed E-state index contributed by atoms with van der Waals surface area (Å²) in [5, 5.41) is 0. The zero-order valence-corrected chi connectivity index (χ0v) is 8.24. The van der Waals surface area contributed by atoms with Crippen LogP contribution in [0, 0.1) is 0 Å². The third-order valence-corrected chi connectivity index (χ3v) is 1.93. The van der Waals surface area contributed by atoms with Crippen LogP contribution in [-0.2, 0) is 6.54 Å². The second-order valence-electron chi connectivity index (χ2n) is 3.15. The van der Waals surface area contributed by atoms with Gasteiger partial charge in [0.1, 0.15) is 0 Å². The first-order valence-corrected chi connectivity index (χ1v) is 4.95. The van der Waals surface area contributed by atoms with Crippen molar-refractivity contribution in [1.29, 1.82) is 0 Å². The Balaban J connectivity index is 2.23. The average Bonchev–Trinajstić information content (AvgIpc) is 2.19. The van der Waals surface area contributed by atoms with Crippen LogP contribution in [0.15, 0.2) is 35.3 Å². The van der Waals surface area contributed by atoms with E-state index in [1.807, 2.05) is 12.3 Å². The number of hydrogen-bond acceptors (Lipinski definition) is 1. The minimum atomic E-state index is 0.824. The Bertz CT molecular complexity index is 239. The van der Waals surface area contributed by atoms with Crippen LogP contribution in [-0.4, -0.2) is 6.21 Å². The van der Waals surface area contributed by atoms with Crippen LogP contribution < -0.4 is 0 Å². The Hall–Kier alpha value is -1.11. The van der Waals surface area contributed by atoms with Gasteiger partial charge in [0.25, 0.3) is 0 Å². The molecule has 0 atom stereocenters. The molecule has 1 aromatic carbocycles. The van der Waals surface area contributed by atoms with E-state index in [-0.39, 0.29) is 0 Å². The molecule has 0 aliphatic carbocycles. The second-order valence-corrected chi connectivity index (χ2v) is 3.15. The van der Waals surface area contributed by atoms with Crippen LogP contribution in [0.1, 0.15) is 31.7 Å². The number of benzene rings is 1. The molecular weight excluding hydrogens is 158 g/mol. The molecule has 1 rings (SSSR count). The molecule has 1 aromatic rings. The quantitative estimate of drug-likeness (QED) is 0.480. The van der Waals surface area contributed by atoms with E-state index in [1.165, 1.54) is 18.4 Å². The molecule has 13 heavy (non-hydrogen) atoms. The van der Waals surface area contributed by atoms with E-state index in [0.29, 0.717) is 0 Å². The SMILES string of the molecule is CCCC/C=N/Cc1ccccc1. The van der Waals surface area contributed by atoms with E-state index in [0.717, 1.165) is 13.0 Å². The van der Waals surface area contributed by atoms with Gasteiger partial charge in [-0.25, -0.2) is 0 Å². The lowest BCUT2D eigenvalue weighted by Gasteiger charge is -1.94. The third-order valence-electron chi connectivity index (χ3n) is 1.93. The van der Waals surface area contributed by atoms with E-state index in [2.05, 4.69) is 36.2 Å². The fraction of sp³-hybridized carbons (Fsp3) is 0.417. The standard InChI is InChI=1S/C12H17N/c1-2-3-7-10-13-11-12-8-5-4-6-9-12/h4-6,8-10H,2-3,7,11H2,1H3/b13-10+. The maximum Gasteiger partial charge on any atom is 0.0635 e. The Morgan fingerprint density at radius 2 is 2.00 bits per heavy atom. The summed E-state index contributed by atoms with van der Waals surface area (Å²) in [7, 11) is 0. The van der Waals surface area contributed by atoms with E-state index in [1.54, 1.807) is 0 Å². The summed E-state index contributed by atoms with van der Waals surface area (Å²) in [5.41, 5.74) is 1.29. The van der Waals surface area contributed by atoms with Crippen LogP contribution in [0.3, 0.4) is 0 Å². The fourth-order valence-electron chi connectivity index (χ4n) is 1.14. The number of nitrogens with zero attached hydrogens (tertiary/aromatic N) is 1. The number of unbranched alkanes of at least 4 members (excludes halogenated alkanes) is 2. The molecular formula is C12H17N. The van der Waals surface area contributed by atoms with Crippen molar-refractivity contribution in [3.05, 3.63) is 35.9 Å². The maximum atomic E-state index is 4.35. The molecule has 0 saturated carbocycles. The van der Waals surface area contributed by atoms with Gasteiger partial charge in [0.05, 0.1) is 6.54 Å². The fourth-order valence-corrected chi connectivity index (χ4v) is 1.14. The normalized spacial score (nSPS) is 10.8. The first-order valence-electron chi connectivity index (χ1n) is 4.95.